The van der Waals surface area contributed by atoms with E-state index in [0.717, 1.165) is 0 Å². The van der Waals surface area contributed by atoms with Crippen molar-refractivity contribution < 1.29 is 110 Å². The van der Waals surface area contributed by atoms with Crippen molar-refractivity contribution in [1.82, 2.24) is 0 Å². The first kappa shape index (κ1) is 218. The summed E-state index contributed by atoms with van der Waals surface area (Å²) in [6.45, 7) is 0. The molecule has 0 aromatic carbocycles. The summed E-state index contributed by atoms with van der Waals surface area (Å²) in [6.07, 6.45) is 0. The largest absolute Gasteiger partial charge is 4.00 e. The van der Waals surface area contributed by atoms with Crippen LogP contribution < -0.4 is 0 Å². The second kappa shape index (κ2) is 162. The molecule has 0 bridgehead atoms. The van der Waals surface area contributed by atoms with E-state index in [1.54, 1.807) is 0 Å². The summed E-state index contributed by atoms with van der Waals surface area (Å²) in [6, 6.07) is 0. The van der Waals surface area contributed by atoms with Crippen molar-refractivity contribution in [2.45, 2.75) is 0 Å². The van der Waals surface area contributed by atoms with Crippen LogP contribution >= 0.6 is 0 Å². The molecule has 0 saturated heterocycles. The van der Waals surface area contributed by atoms with Gasteiger partial charge < -0.3 is 32.9 Å². The van der Waals surface area contributed by atoms with Crippen LogP contribution in [0.1, 0.15) is 0 Å². The second-order valence-corrected chi connectivity index (χ2v) is 0. The van der Waals surface area contributed by atoms with Crippen molar-refractivity contribution in [3.63, 3.8) is 0 Å². The number of hydrogen-bond acceptors (Lipinski definition) is 0. The third-order valence-electron chi connectivity index (χ3n) is 0. The molecule has 0 heterocycles. The average molecular weight is 631 g/mol. The minimum Gasteiger partial charge on any atom is -2.00 e. The molecule has 9 heavy (non-hydrogen) atoms. The molecule has 0 unspecified atom stereocenters. The fraction of sp³-hybridized carbons (Fsp3) is 0. The van der Waals surface area contributed by atoms with E-state index in [2.05, 4.69) is 0 Å². The Morgan fingerprint density at radius 1 is 0.222 bits per heavy atom. The molecule has 0 aliphatic heterocycles. The zero-order valence-corrected chi connectivity index (χ0v) is 14.7. The van der Waals surface area contributed by atoms with E-state index in [9.17, 15) is 0 Å². The minimum absolute atomic E-state index is 0. The minimum atomic E-state index is 0. The average Bonchev–Trinajstić information content (AvgIpc) is 0. The SMILES string of the molecule is [Hf+4].[Hf+4].[Hf+4].[O-2].[O-2].[O-2].[O-2].[O-2].[O-2]. The van der Waals surface area contributed by atoms with Gasteiger partial charge in [-0.15, -0.1) is 0 Å². The maximum absolute atomic E-state index is 0. The van der Waals surface area contributed by atoms with Crippen LogP contribution in [-0.4, -0.2) is 0 Å². The number of rotatable bonds is 0. The van der Waals surface area contributed by atoms with Gasteiger partial charge in [-0.3, -0.25) is 0 Å². The summed E-state index contributed by atoms with van der Waals surface area (Å²) in [7, 11) is 0. The third-order valence-corrected chi connectivity index (χ3v) is 0. The molecule has 0 aliphatic rings. The Kier molecular flexibility index (Phi) is 3920. The normalized spacial score (nSPS) is 0. The zero-order chi connectivity index (χ0) is 0. The fourth-order valence-corrected chi connectivity index (χ4v) is 0. The van der Waals surface area contributed by atoms with Crippen LogP contribution in [-0.2, 0) is 110 Å². The van der Waals surface area contributed by atoms with Crippen molar-refractivity contribution in [1.29, 1.82) is 0 Å². The summed E-state index contributed by atoms with van der Waals surface area (Å²) >= 11 is 0. The standard InChI is InChI=1S/3Hf.6O/q3*+4;6*-2. The van der Waals surface area contributed by atoms with Gasteiger partial charge in [0.25, 0.3) is 0 Å². The van der Waals surface area contributed by atoms with Crippen LogP contribution in [0.5, 0.6) is 0 Å². The van der Waals surface area contributed by atoms with Crippen LogP contribution in [0, 0.1) is 0 Å². The molecule has 0 radical (unpaired) electrons. The third kappa shape index (κ3) is 129. The Morgan fingerprint density at radius 2 is 0.222 bits per heavy atom. The molecule has 6 nitrogen and oxygen atoms in total. The van der Waals surface area contributed by atoms with Gasteiger partial charge in [0, 0.05) is 0 Å². The van der Waals surface area contributed by atoms with Gasteiger partial charge in [0.1, 0.15) is 0 Å². The molecular formula is Hf3O6. The summed E-state index contributed by atoms with van der Waals surface area (Å²) in [4.78, 5) is 0. The van der Waals surface area contributed by atoms with Crippen LogP contribution in [0.4, 0.5) is 0 Å². The van der Waals surface area contributed by atoms with Crippen molar-refractivity contribution in [2.24, 2.45) is 0 Å². The second-order valence-electron chi connectivity index (χ2n) is 0. The fourth-order valence-electron chi connectivity index (χ4n) is 0. The molecule has 0 rings (SSSR count). The Hall–Kier alpha value is 2.37. The predicted molar refractivity (Wildman–Crippen MR) is 4.12 cm³/mol. The molecule has 0 aromatic rings. The smallest absolute Gasteiger partial charge is 2.00 e. The first-order valence-corrected chi connectivity index (χ1v) is 0. The van der Waals surface area contributed by atoms with Crippen molar-refractivity contribution in [3.05, 3.63) is 0 Å². The van der Waals surface area contributed by atoms with Crippen molar-refractivity contribution >= 4 is 0 Å². The van der Waals surface area contributed by atoms with Crippen LogP contribution in [0.3, 0.4) is 0 Å². The van der Waals surface area contributed by atoms with Gasteiger partial charge in [-0.1, -0.05) is 0 Å². The van der Waals surface area contributed by atoms with E-state index >= 15 is 0 Å². The Bertz CT molecular complexity index is 8.26. The monoisotopic (exact) mass is 636 g/mol. The van der Waals surface area contributed by atoms with E-state index in [4.69, 9.17) is 0 Å². The first-order valence-electron chi connectivity index (χ1n) is 0. The first-order chi connectivity index (χ1) is 0. The maximum Gasteiger partial charge on any atom is 4.00 e. The van der Waals surface area contributed by atoms with Gasteiger partial charge in [-0.05, 0) is 0 Å². The Labute approximate surface area is 109 Å². The molecule has 0 amide bonds. The zero-order valence-electron chi connectivity index (χ0n) is 3.95. The summed E-state index contributed by atoms with van der Waals surface area (Å²) in [5.41, 5.74) is 0. The molecule has 48 valence electrons. The van der Waals surface area contributed by atoms with E-state index in [0.29, 0.717) is 0 Å². The van der Waals surface area contributed by atoms with E-state index in [1.807, 2.05) is 0 Å². The van der Waals surface area contributed by atoms with Gasteiger partial charge in [-0.25, -0.2) is 0 Å². The molecule has 0 N–H and O–H groups in total. The van der Waals surface area contributed by atoms with Gasteiger partial charge >= 0.3 is 77.5 Å². The van der Waals surface area contributed by atoms with Gasteiger partial charge in [0.2, 0.25) is 0 Å². The van der Waals surface area contributed by atoms with Crippen LogP contribution in [0.15, 0.2) is 0 Å². The topological polar surface area (TPSA) is 171 Å². The van der Waals surface area contributed by atoms with E-state index < -0.39 is 0 Å². The molecule has 9 heteroatoms. The van der Waals surface area contributed by atoms with Gasteiger partial charge in [0.15, 0.2) is 0 Å². The van der Waals surface area contributed by atoms with E-state index in [1.165, 1.54) is 0 Å². The van der Waals surface area contributed by atoms with Crippen molar-refractivity contribution in [2.75, 3.05) is 0 Å². The van der Waals surface area contributed by atoms with Gasteiger partial charge in [0.05, 0.1) is 0 Å². The van der Waals surface area contributed by atoms with E-state index in [-0.39, 0.29) is 110 Å². The number of hydrogen-bond donors (Lipinski definition) is 0. The van der Waals surface area contributed by atoms with Crippen LogP contribution in [0.2, 0.25) is 0 Å². The Balaban J connectivity index is 0. The molecule has 0 aliphatic carbocycles. The molecule has 0 fully saturated rings. The summed E-state index contributed by atoms with van der Waals surface area (Å²) < 4.78 is 0. The molecule has 0 aromatic heterocycles. The molecule has 0 saturated carbocycles. The molecular weight excluding hydrogens is 631 g/mol. The molecule has 0 spiro atoms. The van der Waals surface area contributed by atoms with Crippen molar-refractivity contribution in [3.8, 4) is 0 Å². The summed E-state index contributed by atoms with van der Waals surface area (Å²) in [5.74, 6) is 0. The van der Waals surface area contributed by atoms with Gasteiger partial charge in [-0.2, -0.15) is 0 Å². The van der Waals surface area contributed by atoms with Crippen LogP contribution in [0.25, 0.3) is 0 Å². The maximum atomic E-state index is 0. The summed E-state index contributed by atoms with van der Waals surface area (Å²) in [5, 5.41) is 0. The predicted octanol–water partition coefficient (Wildman–Crippen LogP) is -0.720. The quantitative estimate of drug-likeness (QED) is 0.308. The molecule has 0 atom stereocenters. The Morgan fingerprint density at radius 3 is 0.222 bits per heavy atom.